The summed E-state index contributed by atoms with van der Waals surface area (Å²) in [6, 6.07) is 0. The smallest absolute Gasteiger partial charge is 0.0743 e. The predicted octanol–water partition coefficient (Wildman–Crippen LogP) is 1.26. The fraction of sp³-hybridized carbons (Fsp3) is 1.00. The van der Waals surface area contributed by atoms with E-state index in [1.807, 2.05) is 13.8 Å². The Labute approximate surface area is 87.1 Å². The average Bonchev–Trinajstić information content (AvgIpc) is 2.09. The molecule has 0 bridgehead atoms. The standard InChI is InChI=1S/C11H23NO2/c1-5-11(4,13)8-12-6-7-14-9-10(12,2)3/h13H,5-9H2,1-4H3. The van der Waals surface area contributed by atoms with Crippen molar-refractivity contribution < 1.29 is 9.84 Å². The number of β-amino-alcohol motifs (C(OH)–C–C–N with tert-alkyl or cyclic N) is 1. The van der Waals surface area contributed by atoms with Gasteiger partial charge in [-0.05, 0) is 27.2 Å². The summed E-state index contributed by atoms with van der Waals surface area (Å²) in [7, 11) is 0. The van der Waals surface area contributed by atoms with E-state index >= 15 is 0 Å². The van der Waals surface area contributed by atoms with E-state index in [2.05, 4.69) is 18.7 Å². The Hall–Kier alpha value is -0.120. The number of morpholine rings is 1. The maximum atomic E-state index is 10.0. The molecule has 0 aliphatic carbocycles. The molecule has 1 aliphatic rings. The lowest BCUT2D eigenvalue weighted by Gasteiger charge is -2.45. The lowest BCUT2D eigenvalue weighted by atomic mass is 9.96. The van der Waals surface area contributed by atoms with Gasteiger partial charge in [-0.1, -0.05) is 6.92 Å². The number of aliphatic hydroxyl groups is 1. The van der Waals surface area contributed by atoms with E-state index < -0.39 is 5.60 Å². The summed E-state index contributed by atoms with van der Waals surface area (Å²) >= 11 is 0. The average molecular weight is 201 g/mol. The molecule has 1 fully saturated rings. The summed E-state index contributed by atoms with van der Waals surface area (Å²) in [5, 5.41) is 10.0. The molecule has 0 aromatic carbocycles. The molecule has 1 N–H and O–H groups in total. The van der Waals surface area contributed by atoms with Crippen LogP contribution in [-0.4, -0.2) is 47.4 Å². The van der Waals surface area contributed by atoms with Gasteiger partial charge < -0.3 is 9.84 Å². The molecule has 0 spiro atoms. The van der Waals surface area contributed by atoms with Crippen molar-refractivity contribution >= 4 is 0 Å². The Bertz CT molecular complexity index is 190. The molecule has 14 heavy (non-hydrogen) atoms. The highest BCUT2D eigenvalue weighted by molar-refractivity contribution is 4.88. The summed E-state index contributed by atoms with van der Waals surface area (Å²) in [6.07, 6.45) is 0.792. The molecule has 1 unspecified atom stereocenters. The zero-order valence-electron chi connectivity index (χ0n) is 9.84. The zero-order chi connectivity index (χ0) is 10.8. The Kier molecular flexibility index (Phi) is 3.56. The van der Waals surface area contributed by atoms with Gasteiger partial charge in [-0.3, -0.25) is 4.90 Å². The highest BCUT2D eigenvalue weighted by Gasteiger charge is 2.34. The minimum absolute atomic E-state index is 0.0530. The maximum Gasteiger partial charge on any atom is 0.0743 e. The monoisotopic (exact) mass is 201 g/mol. The highest BCUT2D eigenvalue weighted by Crippen LogP contribution is 2.22. The molecular weight excluding hydrogens is 178 g/mol. The predicted molar refractivity (Wildman–Crippen MR) is 57.4 cm³/mol. The third-order valence-corrected chi connectivity index (χ3v) is 3.11. The van der Waals surface area contributed by atoms with E-state index in [4.69, 9.17) is 4.74 Å². The minimum atomic E-state index is -0.575. The SMILES string of the molecule is CCC(C)(O)CN1CCOCC1(C)C. The third-order valence-electron chi connectivity index (χ3n) is 3.11. The number of hydrogen-bond acceptors (Lipinski definition) is 3. The quantitative estimate of drug-likeness (QED) is 0.746. The molecule has 1 aliphatic heterocycles. The summed E-state index contributed by atoms with van der Waals surface area (Å²) < 4.78 is 5.44. The maximum absolute atomic E-state index is 10.0. The lowest BCUT2D eigenvalue weighted by molar-refractivity contribution is -0.0872. The molecule has 1 heterocycles. The topological polar surface area (TPSA) is 32.7 Å². The van der Waals surface area contributed by atoms with Crippen LogP contribution in [0.15, 0.2) is 0 Å². The van der Waals surface area contributed by atoms with Gasteiger partial charge in [0.2, 0.25) is 0 Å². The van der Waals surface area contributed by atoms with Crippen molar-refractivity contribution in [2.45, 2.75) is 45.3 Å². The molecule has 1 saturated heterocycles. The number of nitrogens with zero attached hydrogens (tertiary/aromatic N) is 1. The number of rotatable bonds is 3. The van der Waals surface area contributed by atoms with E-state index in [1.54, 1.807) is 0 Å². The number of hydrogen-bond donors (Lipinski definition) is 1. The second kappa shape index (κ2) is 4.17. The Balaban J connectivity index is 2.58. The molecule has 84 valence electrons. The van der Waals surface area contributed by atoms with Crippen molar-refractivity contribution in [2.24, 2.45) is 0 Å². The summed E-state index contributed by atoms with van der Waals surface area (Å²) in [5.74, 6) is 0. The summed E-state index contributed by atoms with van der Waals surface area (Å²) in [6.45, 7) is 11.4. The number of ether oxygens (including phenoxy) is 1. The third kappa shape index (κ3) is 2.94. The fourth-order valence-electron chi connectivity index (χ4n) is 1.71. The molecule has 1 atom stereocenters. The van der Waals surface area contributed by atoms with Crippen LogP contribution in [0.5, 0.6) is 0 Å². The van der Waals surface area contributed by atoms with E-state index in [0.717, 1.165) is 32.7 Å². The van der Waals surface area contributed by atoms with Crippen LogP contribution in [0.1, 0.15) is 34.1 Å². The van der Waals surface area contributed by atoms with Gasteiger partial charge in [0.25, 0.3) is 0 Å². The van der Waals surface area contributed by atoms with E-state index in [9.17, 15) is 5.11 Å². The van der Waals surface area contributed by atoms with Gasteiger partial charge in [-0.2, -0.15) is 0 Å². The second-order valence-corrected chi connectivity index (χ2v) is 5.14. The fourth-order valence-corrected chi connectivity index (χ4v) is 1.71. The van der Waals surface area contributed by atoms with Crippen molar-refractivity contribution in [1.29, 1.82) is 0 Å². The molecule has 0 radical (unpaired) electrons. The van der Waals surface area contributed by atoms with Crippen LogP contribution >= 0.6 is 0 Å². The first-order chi connectivity index (χ1) is 6.37. The van der Waals surface area contributed by atoms with Gasteiger partial charge in [0.15, 0.2) is 0 Å². The molecule has 0 aromatic rings. The summed E-state index contributed by atoms with van der Waals surface area (Å²) in [5.41, 5.74) is -0.522. The van der Waals surface area contributed by atoms with Crippen molar-refractivity contribution in [2.75, 3.05) is 26.3 Å². The van der Waals surface area contributed by atoms with Crippen LogP contribution in [0, 0.1) is 0 Å². The molecule has 3 heteroatoms. The second-order valence-electron chi connectivity index (χ2n) is 5.14. The van der Waals surface area contributed by atoms with E-state index in [1.165, 1.54) is 0 Å². The molecular formula is C11H23NO2. The molecule has 0 amide bonds. The van der Waals surface area contributed by atoms with Crippen molar-refractivity contribution in [3.63, 3.8) is 0 Å². The normalized spacial score (nSPS) is 27.2. The largest absolute Gasteiger partial charge is 0.389 e. The van der Waals surface area contributed by atoms with Crippen LogP contribution in [0.4, 0.5) is 0 Å². The zero-order valence-corrected chi connectivity index (χ0v) is 9.84. The van der Waals surface area contributed by atoms with Crippen LogP contribution in [0.3, 0.4) is 0 Å². The van der Waals surface area contributed by atoms with Crippen molar-refractivity contribution in [3.05, 3.63) is 0 Å². The van der Waals surface area contributed by atoms with Gasteiger partial charge in [-0.25, -0.2) is 0 Å². The molecule has 0 saturated carbocycles. The van der Waals surface area contributed by atoms with Crippen LogP contribution in [0.25, 0.3) is 0 Å². The highest BCUT2D eigenvalue weighted by atomic mass is 16.5. The Morgan fingerprint density at radius 3 is 2.64 bits per heavy atom. The minimum Gasteiger partial charge on any atom is -0.389 e. The van der Waals surface area contributed by atoms with Crippen molar-refractivity contribution in [3.8, 4) is 0 Å². The Morgan fingerprint density at radius 1 is 1.50 bits per heavy atom. The van der Waals surface area contributed by atoms with Crippen LogP contribution in [-0.2, 0) is 4.74 Å². The van der Waals surface area contributed by atoms with Crippen LogP contribution < -0.4 is 0 Å². The first kappa shape index (κ1) is 12.0. The summed E-state index contributed by atoms with van der Waals surface area (Å²) in [4.78, 5) is 2.32. The molecule has 0 aromatic heterocycles. The lowest BCUT2D eigenvalue weighted by Crippen LogP contribution is -2.57. The van der Waals surface area contributed by atoms with Gasteiger partial charge in [0, 0.05) is 18.6 Å². The van der Waals surface area contributed by atoms with Crippen molar-refractivity contribution in [1.82, 2.24) is 4.90 Å². The molecule has 1 rings (SSSR count). The first-order valence-corrected chi connectivity index (χ1v) is 5.42. The molecule has 3 nitrogen and oxygen atoms in total. The van der Waals surface area contributed by atoms with E-state index in [0.29, 0.717) is 0 Å². The van der Waals surface area contributed by atoms with Gasteiger partial charge >= 0.3 is 0 Å². The Morgan fingerprint density at radius 2 is 2.14 bits per heavy atom. The van der Waals surface area contributed by atoms with Gasteiger partial charge in [0.1, 0.15) is 0 Å². The van der Waals surface area contributed by atoms with Gasteiger partial charge in [-0.15, -0.1) is 0 Å². The van der Waals surface area contributed by atoms with Crippen LogP contribution in [0.2, 0.25) is 0 Å². The first-order valence-electron chi connectivity index (χ1n) is 5.42. The van der Waals surface area contributed by atoms with Gasteiger partial charge in [0.05, 0.1) is 18.8 Å². The van der Waals surface area contributed by atoms with E-state index in [-0.39, 0.29) is 5.54 Å².